The Morgan fingerprint density at radius 2 is 2.07 bits per heavy atom. The number of nitrogens with zero attached hydrogens (tertiary/aromatic N) is 3. The van der Waals surface area contributed by atoms with Gasteiger partial charge in [-0.15, -0.1) is 0 Å². The summed E-state index contributed by atoms with van der Waals surface area (Å²) in [6.45, 7) is 1.71. The van der Waals surface area contributed by atoms with Crippen LogP contribution >= 0.6 is 0 Å². The monoisotopic (exact) mass is 392 g/mol. The maximum Gasteiger partial charge on any atom is 0.270 e. The lowest BCUT2D eigenvalue weighted by Crippen LogP contribution is -2.34. The highest BCUT2D eigenvalue weighted by Gasteiger charge is 2.31. The van der Waals surface area contributed by atoms with Gasteiger partial charge in [0.15, 0.2) is 9.84 Å². The lowest BCUT2D eigenvalue weighted by atomic mass is 10.2. The third-order valence-electron chi connectivity index (χ3n) is 4.57. The Morgan fingerprint density at radius 1 is 1.33 bits per heavy atom. The van der Waals surface area contributed by atoms with E-state index in [2.05, 4.69) is 15.3 Å². The van der Waals surface area contributed by atoms with E-state index in [1.807, 2.05) is 0 Å². The minimum Gasteiger partial charge on any atom is -0.356 e. The topological polar surface area (TPSA) is 92.3 Å². The molecule has 0 spiro atoms. The van der Waals surface area contributed by atoms with Crippen molar-refractivity contribution in [3.63, 3.8) is 0 Å². The lowest BCUT2D eigenvalue weighted by molar-refractivity contribution is 0.0945. The fraction of sp³-hybridized carbons (Fsp3) is 0.389. The van der Waals surface area contributed by atoms with Crippen LogP contribution in [0, 0.1) is 12.7 Å². The number of aryl methyl sites for hydroxylation is 1. The number of sulfone groups is 1. The third kappa shape index (κ3) is 4.60. The lowest BCUT2D eigenvalue weighted by Gasteiger charge is -2.25. The van der Waals surface area contributed by atoms with Gasteiger partial charge in [-0.1, -0.05) is 18.2 Å². The summed E-state index contributed by atoms with van der Waals surface area (Å²) in [5.41, 5.74) is 0.534. The molecule has 1 aliphatic heterocycles. The Balaban J connectivity index is 1.74. The molecule has 7 nitrogen and oxygen atoms in total. The Hall–Kier alpha value is -2.55. The third-order valence-corrected chi connectivity index (χ3v) is 6.32. The molecule has 1 fully saturated rings. The van der Waals surface area contributed by atoms with E-state index in [9.17, 15) is 17.6 Å². The highest BCUT2D eigenvalue weighted by Crippen LogP contribution is 2.22. The van der Waals surface area contributed by atoms with Crippen LogP contribution in [0.25, 0.3) is 0 Å². The summed E-state index contributed by atoms with van der Waals surface area (Å²) in [5, 5.41) is 2.65. The number of hydrogen-bond donors (Lipinski definition) is 1. The van der Waals surface area contributed by atoms with E-state index in [0.717, 1.165) is 0 Å². The van der Waals surface area contributed by atoms with E-state index in [4.69, 9.17) is 0 Å². The van der Waals surface area contributed by atoms with Crippen molar-refractivity contribution in [3.05, 3.63) is 53.2 Å². The molecule has 2 aromatic rings. The number of carbonyl (C=O) groups is 1. The molecule has 9 heteroatoms. The summed E-state index contributed by atoms with van der Waals surface area (Å²) < 4.78 is 37.1. The van der Waals surface area contributed by atoms with Gasteiger partial charge in [-0.3, -0.25) is 4.79 Å². The molecular weight excluding hydrogens is 371 g/mol. The van der Waals surface area contributed by atoms with Crippen LogP contribution in [0.4, 0.5) is 10.2 Å². The largest absolute Gasteiger partial charge is 0.356 e. The molecule has 1 amide bonds. The standard InChI is InChI=1S/C18H21FN4O3S/c1-12-21-16(18(24)20-10-13-5-3-4-6-15(13)19)9-17(22-12)23(2)14-7-8-27(25,26)11-14/h3-6,9,14H,7-8,10-11H2,1-2H3,(H,20,24). The van der Waals surface area contributed by atoms with Gasteiger partial charge < -0.3 is 10.2 Å². The van der Waals surface area contributed by atoms with Crippen molar-refractivity contribution in [2.24, 2.45) is 0 Å². The zero-order valence-electron chi connectivity index (χ0n) is 15.1. The summed E-state index contributed by atoms with van der Waals surface area (Å²) in [5.74, 6) is 0.275. The first-order chi connectivity index (χ1) is 12.7. The molecule has 0 aliphatic carbocycles. The van der Waals surface area contributed by atoms with E-state index < -0.39 is 15.7 Å². The molecule has 1 saturated heterocycles. The maximum absolute atomic E-state index is 13.7. The molecule has 144 valence electrons. The van der Waals surface area contributed by atoms with E-state index in [0.29, 0.717) is 23.6 Å². The van der Waals surface area contributed by atoms with Crippen molar-refractivity contribution in [1.82, 2.24) is 15.3 Å². The van der Waals surface area contributed by atoms with Crippen LogP contribution in [0.3, 0.4) is 0 Å². The van der Waals surface area contributed by atoms with Crippen LogP contribution in [0.15, 0.2) is 30.3 Å². The fourth-order valence-corrected chi connectivity index (χ4v) is 4.80. The summed E-state index contributed by atoms with van der Waals surface area (Å²) in [6.07, 6.45) is 0.525. The second-order valence-electron chi connectivity index (χ2n) is 6.60. The number of rotatable bonds is 5. The second-order valence-corrected chi connectivity index (χ2v) is 8.83. The molecule has 27 heavy (non-hydrogen) atoms. The Kier molecular flexibility index (Phi) is 5.41. The fourth-order valence-electron chi connectivity index (χ4n) is 3.02. The van der Waals surface area contributed by atoms with E-state index >= 15 is 0 Å². The van der Waals surface area contributed by atoms with Crippen LogP contribution < -0.4 is 10.2 Å². The van der Waals surface area contributed by atoms with Gasteiger partial charge in [-0.2, -0.15) is 0 Å². The molecule has 1 aromatic carbocycles. The molecule has 2 heterocycles. The minimum atomic E-state index is -3.03. The molecule has 3 rings (SSSR count). The Labute approximate surface area is 157 Å². The predicted molar refractivity (Wildman–Crippen MR) is 99.8 cm³/mol. The van der Waals surface area contributed by atoms with Crippen molar-refractivity contribution in [2.45, 2.75) is 25.9 Å². The Morgan fingerprint density at radius 3 is 2.74 bits per heavy atom. The van der Waals surface area contributed by atoms with Gasteiger partial charge in [0.1, 0.15) is 23.2 Å². The summed E-state index contributed by atoms with van der Waals surface area (Å²) >= 11 is 0. The molecule has 1 N–H and O–H groups in total. The second kappa shape index (κ2) is 7.59. The van der Waals surface area contributed by atoms with Crippen molar-refractivity contribution < 1.29 is 17.6 Å². The molecule has 1 aromatic heterocycles. The van der Waals surface area contributed by atoms with Crippen LogP contribution in [0.5, 0.6) is 0 Å². The number of hydrogen-bond acceptors (Lipinski definition) is 6. The molecular formula is C18H21FN4O3S. The smallest absolute Gasteiger partial charge is 0.270 e. The average Bonchev–Trinajstić information content (AvgIpc) is 2.99. The quantitative estimate of drug-likeness (QED) is 0.829. The van der Waals surface area contributed by atoms with Gasteiger partial charge in [0.2, 0.25) is 0 Å². The van der Waals surface area contributed by atoms with Gasteiger partial charge in [0.05, 0.1) is 11.5 Å². The van der Waals surface area contributed by atoms with Crippen LogP contribution in [-0.2, 0) is 16.4 Å². The number of benzene rings is 1. The number of amides is 1. The molecule has 1 aliphatic rings. The summed E-state index contributed by atoms with van der Waals surface area (Å²) in [7, 11) is -1.27. The Bertz CT molecular complexity index is 965. The van der Waals surface area contributed by atoms with Crippen LogP contribution in [0.1, 0.15) is 28.3 Å². The SMILES string of the molecule is Cc1nc(C(=O)NCc2ccccc2F)cc(N(C)C2CCS(=O)(=O)C2)n1. The molecule has 0 bridgehead atoms. The van der Waals surface area contributed by atoms with Crippen LogP contribution in [0.2, 0.25) is 0 Å². The first-order valence-electron chi connectivity index (χ1n) is 8.56. The van der Waals surface area contributed by atoms with Crippen molar-refractivity contribution in [3.8, 4) is 0 Å². The minimum absolute atomic E-state index is 0.0423. The van der Waals surface area contributed by atoms with E-state index in [-0.39, 0.29) is 35.6 Å². The van der Waals surface area contributed by atoms with Crippen LogP contribution in [-0.4, -0.2) is 48.9 Å². The molecule has 1 atom stereocenters. The van der Waals surface area contributed by atoms with E-state index in [1.165, 1.54) is 12.1 Å². The first-order valence-corrected chi connectivity index (χ1v) is 10.4. The van der Waals surface area contributed by atoms with Gasteiger partial charge in [-0.25, -0.2) is 22.8 Å². The number of anilines is 1. The van der Waals surface area contributed by atoms with Gasteiger partial charge in [0.25, 0.3) is 5.91 Å². The summed E-state index contributed by atoms with van der Waals surface area (Å²) in [6, 6.07) is 7.55. The normalized spacial score (nSPS) is 18.3. The van der Waals surface area contributed by atoms with Gasteiger partial charge in [-0.05, 0) is 19.4 Å². The van der Waals surface area contributed by atoms with Gasteiger partial charge in [0, 0.05) is 31.3 Å². The zero-order valence-corrected chi connectivity index (χ0v) is 16.0. The number of nitrogens with one attached hydrogen (secondary N) is 1. The maximum atomic E-state index is 13.7. The number of carbonyl (C=O) groups excluding carboxylic acids is 1. The molecule has 0 saturated carbocycles. The predicted octanol–water partition coefficient (Wildman–Crippen LogP) is 1.48. The van der Waals surface area contributed by atoms with E-state index in [1.54, 1.807) is 37.1 Å². The summed E-state index contributed by atoms with van der Waals surface area (Å²) in [4.78, 5) is 22.7. The molecule has 0 radical (unpaired) electrons. The highest BCUT2D eigenvalue weighted by atomic mass is 32.2. The van der Waals surface area contributed by atoms with Crippen molar-refractivity contribution in [1.29, 1.82) is 0 Å². The number of halogens is 1. The van der Waals surface area contributed by atoms with Gasteiger partial charge >= 0.3 is 0 Å². The average molecular weight is 392 g/mol. The first kappa shape index (κ1) is 19.2. The number of aromatic nitrogens is 2. The molecule has 1 unspecified atom stereocenters. The van der Waals surface area contributed by atoms with Crippen molar-refractivity contribution >= 4 is 21.6 Å². The van der Waals surface area contributed by atoms with Crippen molar-refractivity contribution in [2.75, 3.05) is 23.5 Å². The zero-order chi connectivity index (χ0) is 19.6. The highest BCUT2D eigenvalue weighted by molar-refractivity contribution is 7.91.